The molecule has 4 heteroatoms. The minimum Gasteiger partial charge on any atom is -0.410 e. The van der Waals surface area contributed by atoms with Crippen molar-refractivity contribution in [1.29, 1.82) is 0 Å². The van der Waals surface area contributed by atoms with Crippen molar-refractivity contribution in [1.82, 2.24) is 0 Å². The molecule has 1 unspecified atom stereocenters. The Morgan fingerprint density at radius 3 is 2.00 bits per heavy atom. The van der Waals surface area contributed by atoms with Crippen LogP contribution in [0, 0.1) is 24.2 Å². The number of hydrogen-bond donors (Lipinski definition) is 0. The first kappa shape index (κ1) is 24.6. The van der Waals surface area contributed by atoms with Gasteiger partial charge >= 0.3 is 0 Å². The maximum atomic E-state index is 6.84. The fraction of sp³-hybridized carbons (Fsp3) is 0.652. The minimum absolute atomic E-state index is 0.0476. The van der Waals surface area contributed by atoms with E-state index in [1.54, 1.807) is 0 Å². The molecule has 0 saturated heterocycles. The van der Waals surface area contributed by atoms with E-state index in [2.05, 4.69) is 53.4 Å². The quantitative estimate of drug-likeness (QED) is 0.218. The summed E-state index contributed by atoms with van der Waals surface area (Å²) >= 11 is 13.2. The Hall–Kier alpha value is -0.463. The first-order chi connectivity index (χ1) is 12.6. The number of hydrogen-bond acceptors (Lipinski definition) is 1. The van der Waals surface area contributed by atoms with Crippen LogP contribution in [-0.2, 0) is 4.43 Å². The lowest BCUT2D eigenvalue weighted by Gasteiger charge is -2.34. The fourth-order valence-electron chi connectivity index (χ4n) is 3.29. The molecule has 0 aliphatic rings. The zero-order chi connectivity index (χ0) is 20.7. The highest BCUT2D eigenvalue weighted by molar-refractivity contribution is 6.73. The highest BCUT2D eigenvalue weighted by Gasteiger charge is 2.33. The largest absolute Gasteiger partial charge is 0.410 e. The van der Waals surface area contributed by atoms with Crippen LogP contribution in [0.25, 0.3) is 0 Å². The molecule has 0 aliphatic carbocycles. The zero-order valence-electron chi connectivity index (χ0n) is 18.1. The molecule has 152 valence electrons. The van der Waals surface area contributed by atoms with Crippen molar-refractivity contribution in [3.8, 4) is 11.8 Å². The molecule has 0 heterocycles. The van der Waals surface area contributed by atoms with Gasteiger partial charge in [-0.2, -0.15) is 0 Å². The monoisotopic (exact) mass is 426 g/mol. The van der Waals surface area contributed by atoms with E-state index in [9.17, 15) is 0 Å². The molecule has 0 aromatic heterocycles. The van der Waals surface area contributed by atoms with Gasteiger partial charge in [-0.15, -0.1) is 5.92 Å². The maximum absolute atomic E-state index is 6.84. The first-order valence-corrected chi connectivity index (χ1v) is 13.5. The molecular weight excluding hydrogens is 391 g/mol. The molecule has 1 rings (SSSR count). The normalized spacial score (nSPS) is 13.2. The molecule has 27 heavy (non-hydrogen) atoms. The lowest BCUT2D eigenvalue weighted by molar-refractivity contribution is 0.177. The van der Waals surface area contributed by atoms with E-state index in [1.165, 1.54) is 0 Å². The van der Waals surface area contributed by atoms with Gasteiger partial charge in [-0.1, -0.05) is 49.9 Å². The van der Waals surface area contributed by atoms with Gasteiger partial charge in [-0.25, -0.2) is 0 Å². The van der Waals surface area contributed by atoms with Crippen molar-refractivity contribution < 1.29 is 4.43 Å². The van der Waals surface area contributed by atoms with Gasteiger partial charge in [0.2, 0.25) is 0 Å². The summed E-state index contributed by atoms with van der Waals surface area (Å²) in [5.41, 5.74) is 2.09. The second-order valence-electron chi connectivity index (χ2n) is 8.44. The molecule has 1 aromatic rings. The second kappa shape index (κ2) is 10.9. The van der Waals surface area contributed by atoms with E-state index in [4.69, 9.17) is 27.6 Å². The lowest BCUT2D eigenvalue weighted by atomic mass is 9.97. The Balaban J connectivity index is 3.08. The fourth-order valence-corrected chi connectivity index (χ4v) is 6.96. The molecule has 0 radical (unpaired) electrons. The predicted molar refractivity (Wildman–Crippen MR) is 123 cm³/mol. The van der Waals surface area contributed by atoms with Crippen LogP contribution in [-0.4, -0.2) is 8.32 Å². The van der Waals surface area contributed by atoms with Crippen molar-refractivity contribution in [2.24, 2.45) is 5.41 Å². The molecule has 0 spiro atoms. The van der Waals surface area contributed by atoms with Gasteiger partial charge in [-0.3, -0.25) is 0 Å². The number of rotatable bonds is 9. The van der Waals surface area contributed by atoms with Crippen molar-refractivity contribution in [3.05, 3.63) is 33.3 Å². The molecule has 1 nitrogen and oxygen atoms in total. The standard InChI is InChI=1S/C23H36Cl2OSi/c1-8-27(9-2,10-3)26-21(14-12-11-13-15-23(5,6)7)22-19(24)16-18(4)17-20(22)25/h16-17,21H,8-12,14H2,1-7H3. The topological polar surface area (TPSA) is 9.23 Å². The molecule has 1 aromatic carbocycles. The molecular formula is C23H36Cl2OSi. The highest BCUT2D eigenvalue weighted by atomic mass is 35.5. The Labute approximate surface area is 178 Å². The Bertz CT molecular complexity index is 632. The van der Waals surface area contributed by atoms with Crippen molar-refractivity contribution in [2.75, 3.05) is 0 Å². The van der Waals surface area contributed by atoms with Gasteiger partial charge in [-0.05, 0) is 76.4 Å². The van der Waals surface area contributed by atoms with Gasteiger partial charge in [0.15, 0.2) is 8.32 Å². The van der Waals surface area contributed by atoms with Gasteiger partial charge in [0, 0.05) is 27.4 Å². The van der Waals surface area contributed by atoms with E-state index in [-0.39, 0.29) is 11.5 Å². The summed E-state index contributed by atoms with van der Waals surface area (Å²) < 4.78 is 6.84. The van der Waals surface area contributed by atoms with Gasteiger partial charge in [0.1, 0.15) is 0 Å². The van der Waals surface area contributed by atoms with Crippen LogP contribution >= 0.6 is 23.2 Å². The predicted octanol–water partition coefficient (Wildman–Crippen LogP) is 8.58. The average molecular weight is 428 g/mol. The summed E-state index contributed by atoms with van der Waals surface area (Å²) in [6.45, 7) is 15.2. The minimum atomic E-state index is -1.77. The summed E-state index contributed by atoms with van der Waals surface area (Å²) in [6.07, 6.45) is 2.71. The van der Waals surface area contributed by atoms with E-state index in [0.717, 1.165) is 58.6 Å². The average Bonchev–Trinajstić information content (AvgIpc) is 2.57. The van der Waals surface area contributed by atoms with Crippen LogP contribution in [0.3, 0.4) is 0 Å². The second-order valence-corrected chi connectivity index (χ2v) is 14.0. The van der Waals surface area contributed by atoms with Gasteiger partial charge < -0.3 is 4.43 Å². The van der Waals surface area contributed by atoms with Crippen LogP contribution < -0.4 is 0 Å². The first-order valence-electron chi connectivity index (χ1n) is 10.2. The smallest absolute Gasteiger partial charge is 0.192 e. The van der Waals surface area contributed by atoms with Crippen LogP contribution in [0.1, 0.15) is 78.0 Å². The van der Waals surface area contributed by atoms with Crippen LogP contribution in [0.4, 0.5) is 0 Å². The summed E-state index contributed by atoms with van der Waals surface area (Å²) in [7, 11) is -1.77. The van der Waals surface area contributed by atoms with E-state index >= 15 is 0 Å². The third-order valence-electron chi connectivity index (χ3n) is 5.10. The molecule has 0 amide bonds. The zero-order valence-corrected chi connectivity index (χ0v) is 20.7. The third-order valence-corrected chi connectivity index (χ3v) is 10.4. The number of halogens is 2. The molecule has 0 aliphatic heterocycles. The van der Waals surface area contributed by atoms with Gasteiger partial charge in [0.25, 0.3) is 0 Å². The summed E-state index contributed by atoms with van der Waals surface area (Å²) in [5.74, 6) is 6.63. The van der Waals surface area contributed by atoms with Crippen molar-refractivity contribution in [2.45, 2.75) is 92.0 Å². The summed E-state index contributed by atoms with van der Waals surface area (Å²) in [6, 6.07) is 7.32. The Morgan fingerprint density at radius 2 is 1.56 bits per heavy atom. The lowest BCUT2D eigenvalue weighted by Crippen LogP contribution is -2.37. The third kappa shape index (κ3) is 7.82. The Morgan fingerprint density at radius 1 is 1.04 bits per heavy atom. The SMILES string of the molecule is CC[Si](CC)(CC)OC(CCCC#CC(C)(C)C)c1c(Cl)cc(C)cc1Cl. The highest BCUT2D eigenvalue weighted by Crippen LogP contribution is 2.40. The molecule has 0 saturated carbocycles. The number of unbranched alkanes of at least 4 members (excludes halogenated alkanes) is 1. The van der Waals surface area contributed by atoms with Crippen molar-refractivity contribution in [3.63, 3.8) is 0 Å². The summed E-state index contributed by atoms with van der Waals surface area (Å²) in [5, 5.41) is 1.44. The summed E-state index contributed by atoms with van der Waals surface area (Å²) in [4.78, 5) is 0. The molecule has 0 N–H and O–H groups in total. The van der Waals surface area contributed by atoms with Gasteiger partial charge in [0.05, 0.1) is 6.10 Å². The maximum Gasteiger partial charge on any atom is 0.192 e. The number of benzene rings is 1. The van der Waals surface area contributed by atoms with E-state index < -0.39 is 8.32 Å². The Kier molecular flexibility index (Phi) is 9.93. The van der Waals surface area contributed by atoms with Crippen molar-refractivity contribution >= 4 is 31.5 Å². The number of aryl methyl sites for hydroxylation is 1. The molecule has 0 fully saturated rings. The molecule has 0 bridgehead atoms. The van der Waals surface area contributed by atoms with Crippen LogP contribution in [0.2, 0.25) is 28.2 Å². The van der Waals surface area contributed by atoms with E-state index in [0.29, 0.717) is 0 Å². The van der Waals surface area contributed by atoms with Crippen LogP contribution in [0.15, 0.2) is 12.1 Å². The molecule has 1 atom stereocenters. The van der Waals surface area contributed by atoms with Crippen LogP contribution in [0.5, 0.6) is 0 Å². The van der Waals surface area contributed by atoms with E-state index in [1.807, 2.05) is 19.1 Å².